The number of aromatic amines is 1. The molecular weight excluding hydrogens is 210 g/mol. The van der Waals surface area contributed by atoms with Gasteiger partial charge in [0.2, 0.25) is 0 Å². The zero-order valence-corrected chi connectivity index (χ0v) is 8.89. The lowest BCUT2D eigenvalue weighted by atomic mass is 10.1. The third kappa shape index (κ3) is 2.54. The van der Waals surface area contributed by atoms with Crippen LogP contribution in [0, 0.1) is 0 Å². The number of aliphatic hydroxyl groups excluding tert-OH is 1. The van der Waals surface area contributed by atoms with E-state index < -0.39 is 6.10 Å². The molecule has 0 spiro atoms. The lowest BCUT2D eigenvalue weighted by molar-refractivity contribution is 0.0809. The summed E-state index contributed by atoms with van der Waals surface area (Å²) in [6.07, 6.45) is 4.19. The summed E-state index contributed by atoms with van der Waals surface area (Å²) in [7, 11) is 0. The number of carbonyl (C=O) groups excluding carboxylic acids is 1. The number of hydrogen-bond acceptors (Lipinski definition) is 5. The molecule has 0 aliphatic heterocycles. The van der Waals surface area contributed by atoms with Crippen LogP contribution in [0.5, 0.6) is 0 Å². The van der Waals surface area contributed by atoms with Crippen LogP contribution in [-0.4, -0.2) is 43.8 Å². The largest absolute Gasteiger partial charge is 0.391 e. The molecule has 2 atom stereocenters. The van der Waals surface area contributed by atoms with Crippen LogP contribution < -0.4 is 5.32 Å². The molecule has 16 heavy (non-hydrogen) atoms. The van der Waals surface area contributed by atoms with Gasteiger partial charge < -0.3 is 10.4 Å². The second kappa shape index (κ2) is 5.02. The first-order chi connectivity index (χ1) is 7.77. The van der Waals surface area contributed by atoms with E-state index in [1.165, 1.54) is 0 Å². The third-order valence-corrected chi connectivity index (χ3v) is 2.84. The molecular formula is C9H15N5O2. The number of nitrogens with zero attached hydrogens (tertiary/aromatic N) is 3. The number of aliphatic hydroxyl groups is 1. The van der Waals surface area contributed by atoms with Crippen molar-refractivity contribution in [3.8, 4) is 0 Å². The summed E-state index contributed by atoms with van der Waals surface area (Å²) >= 11 is 0. The molecule has 0 bridgehead atoms. The zero-order valence-electron chi connectivity index (χ0n) is 8.89. The van der Waals surface area contributed by atoms with Crippen molar-refractivity contribution in [1.29, 1.82) is 0 Å². The van der Waals surface area contributed by atoms with E-state index in [0.29, 0.717) is 0 Å². The first-order valence-electron chi connectivity index (χ1n) is 5.50. The summed E-state index contributed by atoms with van der Waals surface area (Å²) in [6, 6.07) is -0.200. The number of carbonyl (C=O) groups is 1. The second-order valence-electron chi connectivity index (χ2n) is 4.02. The van der Waals surface area contributed by atoms with E-state index in [4.69, 9.17) is 0 Å². The minimum Gasteiger partial charge on any atom is -0.391 e. The standard InChI is InChI=1S/C9H15N5O2/c15-7-5-3-1-2-4-6(7)10-9(16)8-11-13-14-12-8/h6-7,15H,1-5H2,(H,10,16)(H,11,12,13,14). The molecule has 88 valence electrons. The van der Waals surface area contributed by atoms with Gasteiger partial charge in [-0.2, -0.15) is 5.21 Å². The Morgan fingerprint density at radius 3 is 2.94 bits per heavy atom. The van der Waals surface area contributed by atoms with Gasteiger partial charge in [-0.25, -0.2) is 0 Å². The Labute approximate surface area is 92.6 Å². The predicted molar refractivity (Wildman–Crippen MR) is 54.5 cm³/mol. The molecule has 1 fully saturated rings. The van der Waals surface area contributed by atoms with Crippen LogP contribution in [0.25, 0.3) is 0 Å². The maximum Gasteiger partial charge on any atom is 0.293 e. The van der Waals surface area contributed by atoms with Crippen LogP contribution in [0.3, 0.4) is 0 Å². The summed E-state index contributed by atoms with van der Waals surface area (Å²) in [5.41, 5.74) is 0. The highest BCUT2D eigenvalue weighted by Crippen LogP contribution is 2.18. The molecule has 1 aromatic rings. The fourth-order valence-corrected chi connectivity index (χ4v) is 1.95. The summed E-state index contributed by atoms with van der Waals surface area (Å²) < 4.78 is 0. The number of amides is 1. The highest BCUT2D eigenvalue weighted by atomic mass is 16.3. The van der Waals surface area contributed by atoms with Gasteiger partial charge >= 0.3 is 0 Å². The maximum absolute atomic E-state index is 11.6. The van der Waals surface area contributed by atoms with Crippen LogP contribution in [0.4, 0.5) is 0 Å². The highest BCUT2D eigenvalue weighted by Gasteiger charge is 2.24. The molecule has 7 heteroatoms. The van der Waals surface area contributed by atoms with Crippen molar-refractivity contribution in [2.75, 3.05) is 0 Å². The zero-order chi connectivity index (χ0) is 11.4. The third-order valence-electron chi connectivity index (χ3n) is 2.84. The van der Waals surface area contributed by atoms with Crippen molar-refractivity contribution in [3.63, 3.8) is 0 Å². The number of rotatable bonds is 2. The van der Waals surface area contributed by atoms with Gasteiger partial charge in [-0.05, 0) is 18.1 Å². The summed E-state index contributed by atoms with van der Waals surface area (Å²) in [5.74, 6) is -0.379. The van der Waals surface area contributed by atoms with E-state index in [-0.39, 0.29) is 17.8 Å². The van der Waals surface area contributed by atoms with Gasteiger partial charge in [0.15, 0.2) is 0 Å². The highest BCUT2D eigenvalue weighted by molar-refractivity contribution is 5.90. The quantitative estimate of drug-likeness (QED) is 0.595. The topological polar surface area (TPSA) is 104 Å². The smallest absolute Gasteiger partial charge is 0.293 e. The number of H-pyrrole nitrogens is 1. The van der Waals surface area contributed by atoms with E-state index in [9.17, 15) is 9.90 Å². The molecule has 1 saturated carbocycles. The van der Waals surface area contributed by atoms with Crippen molar-refractivity contribution in [3.05, 3.63) is 5.82 Å². The molecule has 7 nitrogen and oxygen atoms in total. The van der Waals surface area contributed by atoms with E-state index in [1.54, 1.807) is 0 Å². The van der Waals surface area contributed by atoms with Gasteiger partial charge in [0.05, 0.1) is 12.1 Å². The Hall–Kier alpha value is -1.50. The maximum atomic E-state index is 11.6. The van der Waals surface area contributed by atoms with Gasteiger partial charge in [-0.3, -0.25) is 4.79 Å². The molecule has 1 heterocycles. The molecule has 1 aromatic heterocycles. The molecule has 3 N–H and O–H groups in total. The predicted octanol–water partition coefficient (Wildman–Crippen LogP) is -0.377. The monoisotopic (exact) mass is 225 g/mol. The van der Waals surface area contributed by atoms with Gasteiger partial charge in [-0.1, -0.05) is 19.3 Å². The van der Waals surface area contributed by atoms with Gasteiger partial charge in [0.25, 0.3) is 11.7 Å². The summed E-state index contributed by atoms with van der Waals surface area (Å²) in [5, 5.41) is 25.3. The number of tetrazole rings is 1. The molecule has 0 aromatic carbocycles. The van der Waals surface area contributed by atoms with Crippen LogP contribution in [-0.2, 0) is 0 Å². The van der Waals surface area contributed by atoms with E-state index in [1.807, 2.05) is 0 Å². The van der Waals surface area contributed by atoms with Crippen molar-refractivity contribution < 1.29 is 9.90 Å². The minimum absolute atomic E-state index is 0.0106. The van der Waals surface area contributed by atoms with Gasteiger partial charge in [0.1, 0.15) is 0 Å². The van der Waals surface area contributed by atoms with Crippen LogP contribution in [0.2, 0.25) is 0 Å². The molecule has 2 rings (SSSR count). The molecule has 0 saturated heterocycles. The Morgan fingerprint density at radius 2 is 2.19 bits per heavy atom. The normalized spacial score (nSPS) is 26.1. The first-order valence-corrected chi connectivity index (χ1v) is 5.50. The van der Waals surface area contributed by atoms with Gasteiger partial charge in [-0.15, -0.1) is 10.2 Å². The lowest BCUT2D eigenvalue weighted by Gasteiger charge is -2.20. The van der Waals surface area contributed by atoms with Crippen LogP contribution in [0.1, 0.15) is 42.7 Å². The summed E-state index contributed by atoms with van der Waals surface area (Å²) in [4.78, 5) is 11.6. The summed E-state index contributed by atoms with van der Waals surface area (Å²) in [6.45, 7) is 0. The van der Waals surface area contributed by atoms with Crippen LogP contribution in [0.15, 0.2) is 0 Å². The van der Waals surface area contributed by atoms with E-state index in [2.05, 4.69) is 25.9 Å². The second-order valence-corrected chi connectivity index (χ2v) is 4.02. The number of aromatic nitrogens is 4. The molecule has 1 amide bonds. The Kier molecular flexibility index (Phi) is 3.45. The van der Waals surface area contributed by atoms with Crippen LogP contribution >= 0.6 is 0 Å². The lowest BCUT2D eigenvalue weighted by Crippen LogP contribution is -2.43. The Bertz CT molecular complexity index is 340. The number of nitrogens with one attached hydrogen (secondary N) is 2. The van der Waals surface area contributed by atoms with E-state index >= 15 is 0 Å². The fraction of sp³-hybridized carbons (Fsp3) is 0.778. The fourth-order valence-electron chi connectivity index (χ4n) is 1.95. The molecule has 1 aliphatic rings. The minimum atomic E-state index is -0.474. The Balaban J connectivity index is 1.95. The SMILES string of the molecule is O=C(NC1CCCCCC1O)c1nn[nH]n1. The Morgan fingerprint density at radius 1 is 1.38 bits per heavy atom. The van der Waals surface area contributed by atoms with Crippen molar-refractivity contribution in [2.45, 2.75) is 44.2 Å². The molecule has 2 unspecified atom stereocenters. The van der Waals surface area contributed by atoms with Crippen molar-refractivity contribution in [2.24, 2.45) is 0 Å². The van der Waals surface area contributed by atoms with Crippen molar-refractivity contribution in [1.82, 2.24) is 25.9 Å². The molecule has 1 aliphatic carbocycles. The first kappa shape index (κ1) is 11.0. The molecule has 0 radical (unpaired) electrons. The van der Waals surface area contributed by atoms with Crippen molar-refractivity contribution >= 4 is 5.91 Å². The average Bonchev–Trinajstić information content (AvgIpc) is 2.73. The van der Waals surface area contributed by atoms with E-state index in [0.717, 1.165) is 32.1 Å². The van der Waals surface area contributed by atoms with Gasteiger partial charge in [0, 0.05) is 0 Å². The average molecular weight is 225 g/mol. The number of hydrogen-bond donors (Lipinski definition) is 3.